The molecule has 115 heavy (non-hydrogen) atoms. The molecule has 8 aromatic carbocycles. The Morgan fingerprint density at radius 1 is 0.330 bits per heavy atom. The Balaban J connectivity index is 0.000000134. The summed E-state index contributed by atoms with van der Waals surface area (Å²) in [5.74, 6) is -0.933. The Bertz CT molecular complexity index is 5500. The number of aryl methyl sites for hydroxylation is 1. The van der Waals surface area contributed by atoms with Crippen LogP contribution in [0.5, 0.6) is 0 Å². The summed E-state index contributed by atoms with van der Waals surface area (Å²) in [7, 11) is -16.5. The Kier molecular flexibility index (Phi) is 26.0. The van der Waals surface area contributed by atoms with Gasteiger partial charge in [0, 0.05) is 116 Å². The molecule has 0 aliphatic carbocycles. The van der Waals surface area contributed by atoms with Crippen molar-refractivity contribution in [2.75, 3.05) is 73.6 Å². The molecule has 0 amide bonds. The average molecular weight is 1690 g/mol. The number of piperidine rings is 4. The van der Waals surface area contributed by atoms with E-state index < -0.39 is 82.1 Å². The Labute approximate surface area is 665 Å². The zero-order chi connectivity index (χ0) is 81.5. The molecule has 4 aliphatic rings. The van der Waals surface area contributed by atoms with Crippen LogP contribution >= 0.6 is 11.6 Å². The Hall–Kier alpha value is -9.58. The highest BCUT2D eigenvalue weighted by Crippen LogP contribution is 2.43. The fourth-order valence-corrected chi connectivity index (χ4v) is 21.3. The van der Waals surface area contributed by atoms with Crippen molar-refractivity contribution in [2.24, 2.45) is 0 Å². The molecule has 0 bridgehead atoms. The maximum absolute atomic E-state index is 14.2. The van der Waals surface area contributed by atoms with Crippen LogP contribution in [0.3, 0.4) is 0 Å². The fraction of sp³-hybridized carbons (Fsp3) is 0.309. The van der Waals surface area contributed by atoms with Crippen LogP contribution in [0.4, 0.5) is 62.3 Å². The molecule has 4 aromatic heterocycles. The molecule has 8 heterocycles. The van der Waals surface area contributed by atoms with Crippen molar-refractivity contribution in [3.8, 4) is 0 Å². The quantitative estimate of drug-likeness (QED) is 0.0330. The molecule has 20 nitrogen and oxygen atoms in total. The van der Waals surface area contributed by atoms with Crippen LogP contribution in [0.15, 0.2) is 220 Å². The van der Waals surface area contributed by atoms with E-state index in [1.807, 2.05) is 0 Å². The molecule has 8 N–H and O–H groups in total. The summed E-state index contributed by atoms with van der Waals surface area (Å²) >= 11 is 6.08. The van der Waals surface area contributed by atoms with Gasteiger partial charge >= 0.3 is 0 Å². The monoisotopic (exact) mass is 1690 g/mol. The third kappa shape index (κ3) is 17.9. The van der Waals surface area contributed by atoms with Crippen molar-refractivity contribution in [3.63, 3.8) is 0 Å². The molecule has 4 aliphatic heterocycles. The summed E-state index contributed by atoms with van der Waals surface area (Å²) in [5, 5.41) is 27.3. The van der Waals surface area contributed by atoms with Crippen molar-refractivity contribution >= 4 is 118 Å². The number of hydrogen-bond acceptors (Lipinski definition) is 16. The topological polar surface area (TPSA) is 253 Å². The smallest absolute Gasteiger partial charge is 0.271 e. The molecular formula is C81H84ClF9N12O8S4. The second kappa shape index (κ2) is 35.9. The van der Waals surface area contributed by atoms with E-state index in [1.54, 1.807) is 116 Å². The van der Waals surface area contributed by atoms with Crippen molar-refractivity contribution in [2.45, 2.75) is 128 Å². The Morgan fingerprint density at radius 3 is 0.913 bits per heavy atom. The van der Waals surface area contributed by atoms with E-state index >= 15 is 0 Å². The lowest BCUT2D eigenvalue weighted by Crippen LogP contribution is -2.35. The van der Waals surface area contributed by atoms with Gasteiger partial charge in [-0.25, -0.2) is 89.1 Å². The Morgan fingerprint density at radius 2 is 0.600 bits per heavy atom. The number of alkyl halides is 8. The SMILES string of the molecule is Cc1ccccc1S(=O)(=O)n1cc(C(F)F)c2c(NC3CCNCC3)cccc21.O=S(=O)(c1ccccc1)n1cc(C(F)F)c2c(NC3CCNCC3)cccc21.O=S(=O)(c1ccccc1Cl)n1cc(C(F)F)c2c(NC3CCNCC3)cccc21.O=S(=O)(c1ccccc1F)n1cc(C(F)F)c2c(NC3CCNCC3)cccc21. The lowest BCUT2D eigenvalue weighted by molar-refractivity contribution is 0.152. The van der Waals surface area contributed by atoms with Crippen LogP contribution in [0.2, 0.25) is 5.02 Å². The summed E-state index contributed by atoms with van der Waals surface area (Å²) < 4.78 is 234. The van der Waals surface area contributed by atoms with E-state index in [0.29, 0.717) is 28.3 Å². The second-order valence-corrected chi connectivity index (χ2v) is 35.7. The van der Waals surface area contributed by atoms with Gasteiger partial charge in [-0.3, -0.25) is 0 Å². The van der Waals surface area contributed by atoms with Crippen molar-refractivity contribution < 1.29 is 73.2 Å². The summed E-state index contributed by atoms with van der Waals surface area (Å²) in [6.45, 7) is 8.45. The van der Waals surface area contributed by atoms with Gasteiger partial charge in [0.05, 0.1) is 36.9 Å². The number of halogens is 10. The number of aromatic nitrogens is 4. The third-order valence-electron chi connectivity index (χ3n) is 20.7. The molecule has 610 valence electrons. The first kappa shape index (κ1) is 83.4. The minimum Gasteiger partial charge on any atom is -0.382 e. The van der Waals surface area contributed by atoms with Crippen molar-refractivity contribution in [3.05, 3.63) is 239 Å². The van der Waals surface area contributed by atoms with E-state index in [0.717, 1.165) is 157 Å². The molecule has 16 rings (SSSR count). The van der Waals surface area contributed by atoms with Crippen LogP contribution < -0.4 is 42.5 Å². The molecule has 0 unspecified atom stereocenters. The van der Waals surface area contributed by atoms with Gasteiger partial charge in [0.2, 0.25) is 0 Å². The summed E-state index contributed by atoms with van der Waals surface area (Å²) in [4.78, 5) is -0.524. The van der Waals surface area contributed by atoms with Gasteiger partial charge in [-0.1, -0.05) is 96.5 Å². The normalized spacial score (nSPS) is 15.9. The summed E-state index contributed by atoms with van der Waals surface area (Å²) in [6, 6.07) is 45.5. The first-order valence-electron chi connectivity index (χ1n) is 37.4. The molecular weight excluding hydrogens is 1600 g/mol. The average Bonchev–Trinajstić information content (AvgIpc) is 1.63. The van der Waals surface area contributed by atoms with Gasteiger partial charge in [0.1, 0.15) is 15.6 Å². The van der Waals surface area contributed by atoms with Gasteiger partial charge in [0.25, 0.3) is 65.8 Å². The predicted octanol–water partition coefficient (Wildman–Crippen LogP) is 17.0. The number of benzene rings is 8. The summed E-state index contributed by atoms with van der Waals surface area (Å²) in [6.07, 6.45) is -0.393. The van der Waals surface area contributed by atoms with Crippen LogP contribution in [0.1, 0.15) is 105 Å². The predicted molar refractivity (Wildman–Crippen MR) is 431 cm³/mol. The first-order valence-corrected chi connectivity index (χ1v) is 43.5. The van der Waals surface area contributed by atoms with E-state index in [-0.39, 0.29) is 104 Å². The van der Waals surface area contributed by atoms with Gasteiger partial charge in [-0.15, -0.1) is 0 Å². The summed E-state index contributed by atoms with van der Waals surface area (Å²) in [5.41, 5.74) is 2.10. The van der Waals surface area contributed by atoms with E-state index in [4.69, 9.17) is 11.6 Å². The number of nitrogens with one attached hydrogen (secondary N) is 8. The minimum absolute atomic E-state index is 0.0388. The molecule has 0 radical (unpaired) electrons. The van der Waals surface area contributed by atoms with Crippen LogP contribution in [0.25, 0.3) is 43.6 Å². The second-order valence-electron chi connectivity index (χ2n) is 28.2. The maximum Gasteiger partial charge on any atom is 0.271 e. The standard InChI is InChI=1S/C21H23F2N3O2S.C20H20ClF2N3O2S.C20H20F3N3O2S.C20H21F2N3O2S/c1-14-5-2-3-8-19(14)29(27,28)26-13-16(21(22)23)20-17(6-4-7-18(20)26)25-15-9-11-24-12-10-15;2*21-15-4-1-2-7-18(15)29(27,28)26-12-14(20(22)23)19-16(5-3-6-17(19)26)25-13-8-10-24-11-9-13;21-20(22)16-13-25(28(26,27)15-5-2-1-3-6-15)18-8-4-7-17(19(16)18)24-14-9-11-23-12-10-14/h2-8,13,15,21,24-25H,9-12H2,1H3;2*1-7,12-13,20,24-25H,8-11H2;1-8,13-14,20,23-24H,9-12H2. The highest BCUT2D eigenvalue weighted by molar-refractivity contribution is 7.91. The highest BCUT2D eigenvalue weighted by atomic mass is 35.5. The van der Waals surface area contributed by atoms with Crippen molar-refractivity contribution in [1.29, 1.82) is 0 Å². The number of hydrogen-bond donors (Lipinski definition) is 8. The molecule has 0 saturated carbocycles. The molecule has 34 heteroatoms. The first-order chi connectivity index (χ1) is 55.2. The van der Waals surface area contributed by atoms with Crippen LogP contribution in [-0.2, 0) is 40.1 Å². The molecule has 0 atom stereocenters. The van der Waals surface area contributed by atoms with Crippen LogP contribution in [0, 0.1) is 12.7 Å². The number of nitrogens with zero attached hydrogens (tertiary/aromatic N) is 4. The molecule has 12 aromatic rings. The van der Waals surface area contributed by atoms with Gasteiger partial charge < -0.3 is 42.5 Å². The third-order valence-corrected chi connectivity index (χ3v) is 28.1. The number of rotatable bonds is 20. The zero-order valence-corrected chi connectivity index (χ0v) is 66.0. The lowest BCUT2D eigenvalue weighted by Gasteiger charge is -2.25. The molecule has 4 saturated heterocycles. The minimum atomic E-state index is -4.39. The highest BCUT2D eigenvalue weighted by Gasteiger charge is 2.34. The van der Waals surface area contributed by atoms with Gasteiger partial charge in [-0.2, -0.15) is 0 Å². The number of fused-ring (bicyclic) bond motifs is 4. The largest absolute Gasteiger partial charge is 0.382 e. The van der Waals surface area contributed by atoms with Gasteiger partial charge in [0.15, 0.2) is 0 Å². The van der Waals surface area contributed by atoms with Crippen molar-refractivity contribution in [1.82, 2.24) is 37.2 Å². The molecule has 4 fully saturated rings. The maximum atomic E-state index is 14.2. The van der Waals surface area contributed by atoms with Gasteiger partial charge in [-0.05, 0) is 207 Å². The fourth-order valence-electron chi connectivity index (χ4n) is 15.0. The van der Waals surface area contributed by atoms with E-state index in [1.165, 1.54) is 54.6 Å². The van der Waals surface area contributed by atoms with Crippen LogP contribution in [-0.4, -0.2) is 126 Å². The lowest BCUT2D eigenvalue weighted by atomic mass is 10.0. The number of anilines is 4. The van der Waals surface area contributed by atoms with E-state index in [9.17, 15) is 73.2 Å². The zero-order valence-electron chi connectivity index (χ0n) is 62.0. The molecule has 0 spiro atoms. The van der Waals surface area contributed by atoms with E-state index in [2.05, 4.69) is 42.5 Å².